The highest BCUT2D eigenvalue weighted by Gasteiger charge is 2.10. The zero-order chi connectivity index (χ0) is 9.84. The largest absolute Gasteiger partial charge is 0.395 e. The fourth-order valence-corrected chi connectivity index (χ4v) is 1.48. The van der Waals surface area contributed by atoms with E-state index in [1.165, 1.54) is 12.1 Å². The molecule has 0 aliphatic carbocycles. The maximum absolute atomic E-state index is 12.8. The number of aliphatic hydroxyl groups is 1. The number of hydrogen-bond donors (Lipinski definition) is 1. The normalized spacial score (nSPS) is 12.2. The summed E-state index contributed by atoms with van der Waals surface area (Å²) in [6.07, 6.45) is 0. The zero-order valence-electron chi connectivity index (χ0n) is 6.67. The highest BCUT2D eigenvalue weighted by Crippen LogP contribution is 2.21. The van der Waals surface area contributed by atoms with E-state index in [2.05, 4.69) is 15.9 Å². The third-order valence-corrected chi connectivity index (χ3v) is 2.08. The predicted molar refractivity (Wildman–Crippen MR) is 49.5 cm³/mol. The van der Waals surface area contributed by atoms with Gasteiger partial charge in [-0.1, -0.05) is 15.9 Å². The SMILES string of the molecule is N#CC(CO)c1cc(F)cc(Br)c1. The lowest BCUT2D eigenvalue weighted by Gasteiger charge is -2.05. The van der Waals surface area contributed by atoms with Gasteiger partial charge in [0.15, 0.2) is 0 Å². The highest BCUT2D eigenvalue weighted by atomic mass is 79.9. The first-order valence-corrected chi connectivity index (χ1v) is 4.43. The van der Waals surface area contributed by atoms with Crippen LogP contribution in [0.25, 0.3) is 0 Å². The average molecular weight is 244 g/mol. The fraction of sp³-hybridized carbons (Fsp3) is 0.222. The molecule has 13 heavy (non-hydrogen) atoms. The summed E-state index contributed by atoms with van der Waals surface area (Å²) in [5, 5.41) is 17.4. The van der Waals surface area contributed by atoms with Gasteiger partial charge in [-0.3, -0.25) is 0 Å². The molecule has 1 aromatic carbocycles. The number of nitriles is 1. The molecule has 0 spiro atoms. The van der Waals surface area contributed by atoms with Crippen molar-refractivity contribution in [3.63, 3.8) is 0 Å². The van der Waals surface area contributed by atoms with Crippen LogP contribution in [0.1, 0.15) is 11.5 Å². The van der Waals surface area contributed by atoms with Gasteiger partial charge in [-0.15, -0.1) is 0 Å². The van der Waals surface area contributed by atoms with Crippen molar-refractivity contribution in [2.75, 3.05) is 6.61 Å². The number of hydrogen-bond acceptors (Lipinski definition) is 2. The van der Waals surface area contributed by atoms with Crippen molar-refractivity contribution in [1.82, 2.24) is 0 Å². The molecule has 1 N–H and O–H groups in total. The molecule has 0 aliphatic rings. The summed E-state index contributed by atoms with van der Waals surface area (Å²) >= 11 is 3.11. The molecule has 1 unspecified atom stereocenters. The highest BCUT2D eigenvalue weighted by molar-refractivity contribution is 9.10. The van der Waals surface area contributed by atoms with Crippen LogP contribution in [0.15, 0.2) is 22.7 Å². The van der Waals surface area contributed by atoms with Crippen LogP contribution in [-0.2, 0) is 0 Å². The minimum Gasteiger partial charge on any atom is -0.395 e. The summed E-state index contributed by atoms with van der Waals surface area (Å²) in [5.41, 5.74) is 0.483. The molecule has 2 nitrogen and oxygen atoms in total. The van der Waals surface area contributed by atoms with Crippen LogP contribution >= 0.6 is 15.9 Å². The molecule has 0 saturated heterocycles. The van der Waals surface area contributed by atoms with E-state index in [-0.39, 0.29) is 6.61 Å². The molecule has 4 heteroatoms. The molecule has 1 rings (SSSR count). The summed E-state index contributed by atoms with van der Waals surface area (Å²) in [6.45, 7) is -0.299. The molecule has 0 heterocycles. The van der Waals surface area contributed by atoms with Crippen molar-refractivity contribution in [3.05, 3.63) is 34.1 Å². The van der Waals surface area contributed by atoms with E-state index >= 15 is 0 Å². The number of halogens is 2. The van der Waals surface area contributed by atoms with E-state index in [0.29, 0.717) is 10.0 Å². The first-order valence-electron chi connectivity index (χ1n) is 3.64. The van der Waals surface area contributed by atoms with Crippen molar-refractivity contribution in [1.29, 1.82) is 5.26 Å². The van der Waals surface area contributed by atoms with Crippen LogP contribution < -0.4 is 0 Å². The first-order chi connectivity index (χ1) is 6.17. The van der Waals surface area contributed by atoms with E-state index in [1.807, 2.05) is 6.07 Å². The third-order valence-electron chi connectivity index (χ3n) is 1.63. The van der Waals surface area contributed by atoms with Gasteiger partial charge in [-0.25, -0.2) is 4.39 Å². The summed E-state index contributed by atoms with van der Waals surface area (Å²) in [4.78, 5) is 0. The standard InChI is InChI=1S/C9H7BrFNO/c10-8-1-6(2-9(11)3-8)7(4-12)5-13/h1-3,7,13H,5H2. The predicted octanol–water partition coefficient (Wildman–Crippen LogP) is 2.19. The minimum atomic E-state index is -0.660. The van der Waals surface area contributed by atoms with Gasteiger partial charge in [-0.05, 0) is 23.8 Å². The minimum absolute atomic E-state index is 0.299. The summed E-state index contributed by atoms with van der Waals surface area (Å²) < 4.78 is 13.4. The van der Waals surface area contributed by atoms with E-state index in [9.17, 15) is 4.39 Å². The van der Waals surface area contributed by atoms with Gasteiger partial charge < -0.3 is 5.11 Å². The third kappa shape index (κ3) is 2.51. The van der Waals surface area contributed by atoms with Crippen molar-refractivity contribution in [2.24, 2.45) is 0 Å². The number of benzene rings is 1. The maximum Gasteiger partial charge on any atom is 0.124 e. The molecule has 0 radical (unpaired) electrons. The van der Waals surface area contributed by atoms with E-state index < -0.39 is 11.7 Å². The molecule has 1 atom stereocenters. The molecule has 0 aliphatic heterocycles. The summed E-state index contributed by atoms with van der Waals surface area (Å²) in [6, 6.07) is 6.05. The summed E-state index contributed by atoms with van der Waals surface area (Å²) in [5.74, 6) is -1.08. The van der Waals surface area contributed by atoms with Crippen LogP contribution in [0.4, 0.5) is 4.39 Å². The second-order valence-corrected chi connectivity index (χ2v) is 3.48. The van der Waals surface area contributed by atoms with Crippen molar-refractivity contribution in [2.45, 2.75) is 5.92 Å². The Labute approximate surface area is 83.7 Å². The van der Waals surface area contributed by atoms with Gasteiger partial charge in [0.2, 0.25) is 0 Å². The van der Waals surface area contributed by atoms with Crippen molar-refractivity contribution < 1.29 is 9.50 Å². The first kappa shape index (κ1) is 10.2. The van der Waals surface area contributed by atoms with Crippen LogP contribution in [0.3, 0.4) is 0 Å². The lowest BCUT2D eigenvalue weighted by molar-refractivity contribution is 0.285. The van der Waals surface area contributed by atoms with Crippen LogP contribution in [0.5, 0.6) is 0 Å². The van der Waals surface area contributed by atoms with Crippen LogP contribution in [0.2, 0.25) is 0 Å². The molecule has 0 amide bonds. The number of rotatable bonds is 2. The lowest BCUT2D eigenvalue weighted by atomic mass is 10.0. The quantitative estimate of drug-likeness (QED) is 0.866. The Morgan fingerprint density at radius 1 is 1.54 bits per heavy atom. The van der Waals surface area contributed by atoms with Gasteiger partial charge in [0.1, 0.15) is 5.82 Å². The second kappa shape index (κ2) is 4.35. The monoisotopic (exact) mass is 243 g/mol. The second-order valence-electron chi connectivity index (χ2n) is 2.57. The Balaban J connectivity index is 3.08. The van der Waals surface area contributed by atoms with E-state index in [1.54, 1.807) is 6.07 Å². The molecule has 0 aromatic heterocycles. The van der Waals surface area contributed by atoms with Gasteiger partial charge in [0.05, 0.1) is 18.6 Å². The van der Waals surface area contributed by atoms with E-state index in [4.69, 9.17) is 10.4 Å². The Hall–Kier alpha value is -0.920. The molecule has 1 aromatic rings. The van der Waals surface area contributed by atoms with Gasteiger partial charge in [-0.2, -0.15) is 5.26 Å². The Morgan fingerprint density at radius 2 is 2.23 bits per heavy atom. The Kier molecular flexibility index (Phi) is 3.40. The topological polar surface area (TPSA) is 44.0 Å². The molecule has 0 bridgehead atoms. The Bertz CT molecular complexity index is 328. The molecule has 0 fully saturated rings. The van der Waals surface area contributed by atoms with Crippen LogP contribution in [0, 0.1) is 17.1 Å². The summed E-state index contributed by atoms with van der Waals surface area (Å²) in [7, 11) is 0. The van der Waals surface area contributed by atoms with Gasteiger partial charge in [0, 0.05) is 4.47 Å². The fourth-order valence-electron chi connectivity index (χ4n) is 0.997. The molecule has 0 saturated carbocycles. The van der Waals surface area contributed by atoms with Crippen molar-refractivity contribution in [3.8, 4) is 6.07 Å². The zero-order valence-corrected chi connectivity index (χ0v) is 8.25. The smallest absolute Gasteiger partial charge is 0.124 e. The maximum atomic E-state index is 12.8. The molecular weight excluding hydrogens is 237 g/mol. The van der Waals surface area contributed by atoms with Gasteiger partial charge in [0.25, 0.3) is 0 Å². The number of nitrogens with zero attached hydrogens (tertiary/aromatic N) is 1. The molecule has 68 valence electrons. The van der Waals surface area contributed by atoms with Gasteiger partial charge >= 0.3 is 0 Å². The Morgan fingerprint density at radius 3 is 2.69 bits per heavy atom. The van der Waals surface area contributed by atoms with Crippen molar-refractivity contribution >= 4 is 15.9 Å². The lowest BCUT2D eigenvalue weighted by Crippen LogP contribution is -2.01. The molecular formula is C9H7BrFNO. The number of aliphatic hydroxyl groups excluding tert-OH is 1. The average Bonchev–Trinajstić information content (AvgIpc) is 2.04. The van der Waals surface area contributed by atoms with Crippen LogP contribution in [-0.4, -0.2) is 11.7 Å². The van der Waals surface area contributed by atoms with E-state index in [0.717, 1.165) is 0 Å².